The van der Waals surface area contributed by atoms with E-state index in [4.69, 9.17) is 18.9 Å². The molecule has 5 heteroatoms. The number of hydrogen-bond donors (Lipinski definition) is 1. The molecule has 0 amide bonds. The highest BCUT2D eigenvalue weighted by atomic mass is 16.7. The zero-order valence-electron chi connectivity index (χ0n) is 13.1. The van der Waals surface area contributed by atoms with Crippen molar-refractivity contribution in [3.63, 3.8) is 0 Å². The lowest BCUT2D eigenvalue weighted by molar-refractivity contribution is -0.287. The van der Waals surface area contributed by atoms with Crippen molar-refractivity contribution < 1.29 is 24.1 Å². The van der Waals surface area contributed by atoms with E-state index < -0.39 is 6.10 Å². The number of methoxy groups -OCH3 is 1. The summed E-state index contributed by atoms with van der Waals surface area (Å²) >= 11 is 0. The standard InChI is InChI=1S/C15H28O5/c1-8-6-13(19-10(3)14(8)16)20-15-11(4)18-9(2)7-12(15)17-5/h8-16H,6-7H2,1-5H3. The van der Waals surface area contributed by atoms with E-state index in [-0.39, 0.29) is 42.7 Å². The molecule has 8 atom stereocenters. The molecule has 0 aromatic rings. The molecule has 5 nitrogen and oxygen atoms in total. The van der Waals surface area contributed by atoms with Crippen molar-refractivity contribution in [1.29, 1.82) is 0 Å². The average Bonchev–Trinajstić information content (AvgIpc) is 2.38. The normalized spacial score (nSPS) is 50.1. The van der Waals surface area contributed by atoms with Crippen LogP contribution in [0.2, 0.25) is 0 Å². The van der Waals surface area contributed by atoms with Crippen LogP contribution in [0.25, 0.3) is 0 Å². The molecule has 2 aliphatic heterocycles. The second kappa shape index (κ2) is 6.71. The molecule has 0 saturated carbocycles. The summed E-state index contributed by atoms with van der Waals surface area (Å²) in [5.41, 5.74) is 0. The maximum Gasteiger partial charge on any atom is 0.159 e. The van der Waals surface area contributed by atoms with Crippen LogP contribution in [0.5, 0.6) is 0 Å². The smallest absolute Gasteiger partial charge is 0.159 e. The van der Waals surface area contributed by atoms with E-state index in [0.717, 1.165) is 6.42 Å². The van der Waals surface area contributed by atoms with Gasteiger partial charge in [-0.15, -0.1) is 0 Å². The molecular formula is C15H28O5. The molecule has 118 valence electrons. The zero-order valence-corrected chi connectivity index (χ0v) is 13.1. The van der Waals surface area contributed by atoms with Gasteiger partial charge in [-0.05, 0) is 26.7 Å². The maximum absolute atomic E-state index is 9.92. The van der Waals surface area contributed by atoms with Crippen molar-refractivity contribution >= 4 is 0 Å². The van der Waals surface area contributed by atoms with Gasteiger partial charge in [-0.2, -0.15) is 0 Å². The molecule has 2 heterocycles. The van der Waals surface area contributed by atoms with Crippen LogP contribution in [0, 0.1) is 5.92 Å². The van der Waals surface area contributed by atoms with Gasteiger partial charge in [-0.3, -0.25) is 0 Å². The Kier molecular flexibility index (Phi) is 5.42. The summed E-state index contributed by atoms with van der Waals surface area (Å²) in [5.74, 6) is 0.170. The molecule has 2 aliphatic rings. The summed E-state index contributed by atoms with van der Waals surface area (Å²) in [6.07, 6.45) is 0.645. The van der Waals surface area contributed by atoms with Crippen molar-refractivity contribution in [3.8, 4) is 0 Å². The lowest BCUT2D eigenvalue weighted by Gasteiger charge is -2.43. The molecule has 0 radical (unpaired) electrons. The fourth-order valence-electron chi connectivity index (χ4n) is 3.24. The van der Waals surface area contributed by atoms with Gasteiger partial charge in [0.2, 0.25) is 0 Å². The Balaban J connectivity index is 1.97. The summed E-state index contributed by atoms with van der Waals surface area (Å²) in [7, 11) is 1.71. The van der Waals surface area contributed by atoms with E-state index in [0.29, 0.717) is 6.42 Å². The largest absolute Gasteiger partial charge is 0.390 e. The number of hydrogen-bond acceptors (Lipinski definition) is 5. The topological polar surface area (TPSA) is 57.2 Å². The van der Waals surface area contributed by atoms with E-state index >= 15 is 0 Å². The van der Waals surface area contributed by atoms with Crippen LogP contribution in [0.4, 0.5) is 0 Å². The molecule has 2 rings (SSSR count). The maximum atomic E-state index is 9.92. The first-order valence-electron chi connectivity index (χ1n) is 7.59. The van der Waals surface area contributed by atoms with Crippen LogP contribution in [0.3, 0.4) is 0 Å². The molecule has 2 saturated heterocycles. The minimum absolute atomic E-state index is 0.0230. The monoisotopic (exact) mass is 288 g/mol. The van der Waals surface area contributed by atoms with Crippen molar-refractivity contribution in [2.75, 3.05) is 7.11 Å². The van der Waals surface area contributed by atoms with Gasteiger partial charge in [0.1, 0.15) is 6.10 Å². The average molecular weight is 288 g/mol. The van der Waals surface area contributed by atoms with Gasteiger partial charge in [-0.1, -0.05) is 6.92 Å². The van der Waals surface area contributed by atoms with Gasteiger partial charge in [0, 0.05) is 20.0 Å². The molecule has 20 heavy (non-hydrogen) atoms. The molecule has 0 spiro atoms. The van der Waals surface area contributed by atoms with E-state index in [2.05, 4.69) is 6.92 Å². The van der Waals surface area contributed by atoms with Crippen LogP contribution >= 0.6 is 0 Å². The Labute approximate surface area is 121 Å². The van der Waals surface area contributed by atoms with Crippen LogP contribution in [0.15, 0.2) is 0 Å². The summed E-state index contributed by atoms with van der Waals surface area (Å²) in [5, 5.41) is 9.92. The predicted molar refractivity (Wildman–Crippen MR) is 74.4 cm³/mol. The van der Waals surface area contributed by atoms with E-state index in [1.165, 1.54) is 0 Å². The first kappa shape index (κ1) is 16.2. The summed E-state index contributed by atoms with van der Waals surface area (Å²) < 4.78 is 23.2. The highest BCUT2D eigenvalue weighted by molar-refractivity contribution is 4.86. The minimum atomic E-state index is -0.423. The molecule has 1 N–H and O–H groups in total. The fourth-order valence-corrected chi connectivity index (χ4v) is 3.24. The third-order valence-electron chi connectivity index (χ3n) is 4.45. The molecule has 0 aromatic heterocycles. The molecule has 2 fully saturated rings. The molecule has 0 bridgehead atoms. The predicted octanol–water partition coefficient (Wildman–Crippen LogP) is 1.72. The second-order valence-electron chi connectivity index (χ2n) is 6.24. The molecular weight excluding hydrogens is 260 g/mol. The van der Waals surface area contributed by atoms with Crippen LogP contribution in [-0.2, 0) is 18.9 Å². The van der Waals surface area contributed by atoms with Gasteiger partial charge in [-0.25, -0.2) is 0 Å². The second-order valence-corrected chi connectivity index (χ2v) is 6.24. The van der Waals surface area contributed by atoms with Gasteiger partial charge in [0.25, 0.3) is 0 Å². The van der Waals surface area contributed by atoms with Gasteiger partial charge < -0.3 is 24.1 Å². The lowest BCUT2D eigenvalue weighted by atomic mass is 9.93. The highest BCUT2D eigenvalue weighted by Gasteiger charge is 2.40. The van der Waals surface area contributed by atoms with Crippen molar-refractivity contribution in [1.82, 2.24) is 0 Å². The van der Waals surface area contributed by atoms with E-state index in [9.17, 15) is 5.11 Å². The highest BCUT2D eigenvalue weighted by Crippen LogP contribution is 2.31. The molecule has 0 aliphatic carbocycles. The first-order valence-corrected chi connectivity index (χ1v) is 7.59. The lowest BCUT2D eigenvalue weighted by Crippen LogP contribution is -2.52. The van der Waals surface area contributed by atoms with Gasteiger partial charge in [0.15, 0.2) is 6.29 Å². The third kappa shape index (κ3) is 3.52. The van der Waals surface area contributed by atoms with E-state index in [1.807, 2.05) is 20.8 Å². The fraction of sp³-hybridized carbons (Fsp3) is 1.00. The minimum Gasteiger partial charge on any atom is -0.390 e. The zero-order chi connectivity index (χ0) is 14.9. The Morgan fingerprint density at radius 1 is 1.00 bits per heavy atom. The Hall–Kier alpha value is -0.200. The van der Waals surface area contributed by atoms with Crippen molar-refractivity contribution in [2.45, 2.75) is 83.5 Å². The van der Waals surface area contributed by atoms with Crippen LogP contribution in [-0.4, -0.2) is 55.1 Å². The van der Waals surface area contributed by atoms with Crippen molar-refractivity contribution in [3.05, 3.63) is 0 Å². The molecule has 0 aromatic carbocycles. The third-order valence-corrected chi connectivity index (χ3v) is 4.45. The summed E-state index contributed by atoms with van der Waals surface area (Å²) in [4.78, 5) is 0. The van der Waals surface area contributed by atoms with Crippen LogP contribution < -0.4 is 0 Å². The van der Waals surface area contributed by atoms with Crippen molar-refractivity contribution in [2.24, 2.45) is 5.92 Å². The van der Waals surface area contributed by atoms with E-state index in [1.54, 1.807) is 7.11 Å². The Morgan fingerprint density at radius 2 is 1.70 bits per heavy atom. The number of aliphatic hydroxyl groups excluding tert-OH is 1. The summed E-state index contributed by atoms with van der Waals surface area (Å²) in [6, 6.07) is 0. The number of rotatable bonds is 3. The Bertz CT molecular complexity index is 299. The SMILES string of the molecule is COC1CC(C)OC(C)C1OC1CC(C)C(O)C(C)O1. The quantitative estimate of drug-likeness (QED) is 0.857. The van der Waals surface area contributed by atoms with Gasteiger partial charge in [0.05, 0.1) is 30.5 Å². The molecule has 8 unspecified atom stereocenters. The number of aliphatic hydroxyl groups is 1. The Morgan fingerprint density at radius 3 is 2.30 bits per heavy atom. The van der Waals surface area contributed by atoms with Gasteiger partial charge >= 0.3 is 0 Å². The van der Waals surface area contributed by atoms with Crippen LogP contribution in [0.1, 0.15) is 40.5 Å². The summed E-state index contributed by atoms with van der Waals surface area (Å²) in [6.45, 7) is 7.97. The number of ether oxygens (including phenoxy) is 4. The first-order chi connectivity index (χ1) is 9.42.